The first-order valence-electron chi connectivity index (χ1n) is 43.1. The standard InChI is InChI=1S/C58H100N4O15.C33H59N3O7/c1-40(2)47(67)71-24-23-62(51(4,5)6)48(68)61-43-28-53(9,10)31-58(18,29-43)33-60-50(70)77-39-56(15,16)36-74-45(65)22-20-19-21-44(64)73-35-55(13,14)37-75-46(66)25-42-26-52(7,8)30-57(17,27-42)32-59-49(69)76-38-54(11,12)34-72-41(3)63;1-12-13-14-15-26(37)42-22-32(9,10)23-43-29(40)34-21-33(11)19-25(18-31(7,8)20-33)35-28(39)36(30(4,5)6)16-17-41-27(38)24(2)3/h42-43H,1,19-39H2,2-18H3,(H,59,69)(H,60,70)(H,61,68);25H,2,12-23H2,1,3-11H3,(H,34,40)(H,35,39). The van der Waals surface area contributed by atoms with Crippen molar-refractivity contribution >= 4 is 72.1 Å². The number of esters is 7. The number of nitrogens with one attached hydrogen (secondary N) is 5. The summed E-state index contributed by atoms with van der Waals surface area (Å²) in [6.45, 7) is 61.8. The fraction of sp³-hybridized carbons (Fsp3) is 0.824. The fourth-order valence-electron chi connectivity index (χ4n) is 16.5. The number of amides is 7. The average Bonchev–Trinajstić information content (AvgIpc) is 1.05. The van der Waals surface area contributed by atoms with E-state index in [0.717, 1.165) is 57.8 Å². The number of ether oxygens (including phenoxy) is 10. The number of alkyl carbamates (subject to hydrolysis) is 3. The molecule has 3 fully saturated rings. The molecule has 0 aliphatic heterocycles. The molecule has 0 spiro atoms. The average molecular weight is 1700 g/mol. The van der Waals surface area contributed by atoms with Gasteiger partial charge in [0.15, 0.2) is 0 Å². The molecule has 120 heavy (non-hydrogen) atoms. The quantitative estimate of drug-likeness (QED) is 0.0164. The van der Waals surface area contributed by atoms with E-state index in [2.05, 4.69) is 109 Å². The van der Waals surface area contributed by atoms with Crippen LogP contribution >= 0.6 is 0 Å². The van der Waals surface area contributed by atoms with Crippen LogP contribution in [0.5, 0.6) is 0 Å². The van der Waals surface area contributed by atoms with E-state index in [0.29, 0.717) is 63.7 Å². The highest BCUT2D eigenvalue weighted by atomic mass is 16.6. The summed E-state index contributed by atoms with van der Waals surface area (Å²) in [5.74, 6) is -2.75. The molecule has 0 aromatic heterocycles. The smallest absolute Gasteiger partial charge is 0.407 e. The Morgan fingerprint density at radius 1 is 0.367 bits per heavy atom. The molecule has 0 aromatic carbocycles. The number of urea groups is 2. The normalized spacial score (nSPS) is 20.8. The van der Waals surface area contributed by atoms with Crippen molar-refractivity contribution in [1.29, 1.82) is 0 Å². The van der Waals surface area contributed by atoms with E-state index in [9.17, 15) is 57.5 Å². The fourth-order valence-corrected chi connectivity index (χ4v) is 16.5. The third-order valence-electron chi connectivity index (χ3n) is 21.3. The van der Waals surface area contributed by atoms with E-state index in [1.165, 1.54) is 6.92 Å². The molecule has 6 atom stereocenters. The molecule has 0 radical (unpaired) electrons. The van der Waals surface area contributed by atoms with Gasteiger partial charge in [-0.3, -0.25) is 24.0 Å². The Bertz CT molecular complexity index is 3420. The van der Waals surface area contributed by atoms with E-state index >= 15 is 0 Å². The van der Waals surface area contributed by atoms with Crippen molar-refractivity contribution in [1.82, 2.24) is 36.4 Å². The molecule has 3 rings (SSSR count). The van der Waals surface area contributed by atoms with E-state index in [1.807, 2.05) is 96.9 Å². The molecule has 0 bridgehead atoms. The second kappa shape index (κ2) is 47.1. The first-order chi connectivity index (χ1) is 54.8. The molecule has 3 saturated carbocycles. The Labute approximate surface area is 719 Å². The van der Waals surface area contributed by atoms with Gasteiger partial charge in [0.2, 0.25) is 0 Å². The summed E-state index contributed by atoms with van der Waals surface area (Å²) in [4.78, 5) is 154. The largest absolute Gasteiger partial charge is 0.465 e. The molecule has 0 saturated heterocycles. The van der Waals surface area contributed by atoms with Crippen molar-refractivity contribution in [3.8, 4) is 0 Å². The predicted octanol–water partition coefficient (Wildman–Crippen LogP) is 16.4. The van der Waals surface area contributed by atoms with Crippen LogP contribution in [0, 0.1) is 60.1 Å². The van der Waals surface area contributed by atoms with Crippen LogP contribution in [0.15, 0.2) is 24.3 Å². The number of rotatable bonds is 43. The van der Waals surface area contributed by atoms with Gasteiger partial charge in [-0.25, -0.2) is 33.6 Å². The van der Waals surface area contributed by atoms with Gasteiger partial charge in [0.05, 0.1) is 46.1 Å². The molecular weight excluding hydrogens is 1540 g/mol. The highest BCUT2D eigenvalue weighted by Gasteiger charge is 2.47. The van der Waals surface area contributed by atoms with Crippen LogP contribution in [-0.2, 0) is 80.9 Å². The summed E-state index contributed by atoms with van der Waals surface area (Å²) in [5.41, 5.74) is -3.96. The number of hydrogen-bond donors (Lipinski definition) is 5. The van der Waals surface area contributed by atoms with Crippen LogP contribution in [0.25, 0.3) is 0 Å². The van der Waals surface area contributed by atoms with Crippen LogP contribution in [0.2, 0.25) is 0 Å². The van der Waals surface area contributed by atoms with Gasteiger partial charge in [-0.05, 0) is 171 Å². The summed E-state index contributed by atoms with van der Waals surface area (Å²) in [7, 11) is 0. The Hall–Kier alpha value is -7.88. The monoisotopic (exact) mass is 1700 g/mol. The minimum absolute atomic E-state index is 0.000959. The van der Waals surface area contributed by atoms with E-state index in [-0.39, 0.29) is 178 Å². The maximum absolute atomic E-state index is 13.6. The molecule has 6 unspecified atom stereocenters. The molecule has 3 aliphatic rings. The lowest BCUT2D eigenvalue weighted by Crippen LogP contribution is -2.57. The molecule has 29 nitrogen and oxygen atoms in total. The van der Waals surface area contributed by atoms with Gasteiger partial charge in [0, 0.05) is 108 Å². The van der Waals surface area contributed by atoms with E-state index < -0.39 is 80.9 Å². The second-order valence-corrected chi connectivity index (χ2v) is 43.1. The van der Waals surface area contributed by atoms with Gasteiger partial charge in [0.1, 0.15) is 33.0 Å². The highest BCUT2D eigenvalue weighted by Crippen LogP contribution is 2.50. The Morgan fingerprint density at radius 2 is 0.650 bits per heavy atom. The van der Waals surface area contributed by atoms with Crippen molar-refractivity contribution in [3.05, 3.63) is 24.3 Å². The summed E-state index contributed by atoms with van der Waals surface area (Å²) in [6, 6.07) is -0.746. The topological polar surface area (TPSA) is 364 Å². The van der Waals surface area contributed by atoms with Crippen LogP contribution in [0.1, 0.15) is 303 Å². The zero-order chi connectivity index (χ0) is 91.9. The van der Waals surface area contributed by atoms with Gasteiger partial charge >= 0.3 is 72.1 Å². The van der Waals surface area contributed by atoms with Crippen molar-refractivity contribution in [2.24, 2.45) is 60.1 Å². The molecule has 690 valence electrons. The zero-order valence-electron chi connectivity index (χ0n) is 78.9. The molecule has 29 heteroatoms. The lowest BCUT2D eigenvalue weighted by atomic mass is 9.60. The lowest BCUT2D eigenvalue weighted by molar-refractivity contribution is -0.154. The minimum atomic E-state index is -0.675. The van der Waals surface area contributed by atoms with E-state index in [4.69, 9.17) is 47.4 Å². The Balaban J connectivity index is 0.000000957. The summed E-state index contributed by atoms with van der Waals surface area (Å²) in [5, 5.41) is 15.2. The first kappa shape index (κ1) is 108. The first-order valence-corrected chi connectivity index (χ1v) is 43.1. The summed E-state index contributed by atoms with van der Waals surface area (Å²) >= 11 is 0. The Morgan fingerprint density at radius 3 is 0.950 bits per heavy atom. The minimum Gasteiger partial charge on any atom is -0.465 e. The molecule has 0 heterocycles. The number of carbonyl (C=O) groups is 12. The molecule has 0 aromatic rings. The van der Waals surface area contributed by atoms with Crippen LogP contribution < -0.4 is 26.6 Å². The second-order valence-electron chi connectivity index (χ2n) is 43.1. The molecular formula is C91H159N7O22. The zero-order valence-corrected chi connectivity index (χ0v) is 78.9. The molecule has 7 amide bonds. The van der Waals surface area contributed by atoms with Crippen LogP contribution in [0.4, 0.5) is 24.0 Å². The SMILES string of the molecule is C=C(C)C(=O)OCCN(C(=O)NC1CC(C)(C)CC(C)(CNC(=O)OCC(C)(C)COC(=O)CCCCC(=O)OCC(C)(C)COC(=O)CC2CC(C)(C)CC(C)(CNC(=O)OCC(C)(C)COC(C)=O)C2)C1)C(C)(C)C.C=C(C)C(=O)OCCN(C(=O)NC1CC(C)(C)CC(C)(CNC(=O)OCC(C)(C)COC(=O)CCCCC)C1)C(C)(C)C. The molecule has 3 aliphatic carbocycles. The maximum Gasteiger partial charge on any atom is 0.407 e. The number of carbonyl (C=O) groups excluding carboxylic acids is 12. The van der Waals surface area contributed by atoms with Crippen LogP contribution in [0.3, 0.4) is 0 Å². The predicted molar refractivity (Wildman–Crippen MR) is 461 cm³/mol. The summed E-state index contributed by atoms with van der Waals surface area (Å²) < 4.78 is 54.2. The van der Waals surface area contributed by atoms with Gasteiger partial charge in [-0.15, -0.1) is 0 Å². The van der Waals surface area contributed by atoms with Crippen molar-refractivity contribution < 1.29 is 105 Å². The maximum atomic E-state index is 13.6. The van der Waals surface area contributed by atoms with E-state index in [1.54, 1.807) is 23.6 Å². The van der Waals surface area contributed by atoms with Gasteiger partial charge < -0.3 is 83.8 Å². The summed E-state index contributed by atoms with van der Waals surface area (Å²) in [6.07, 6.45) is 9.75. The van der Waals surface area contributed by atoms with Crippen LogP contribution in [-0.4, -0.2) is 204 Å². The number of nitrogens with zero attached hydrogens (tertiary/aromatic N) is 2. The van der Waals surface area contributed by atoms with Crippen molar-refractivity contribution in [2.45, 2.75) is 326 Å². The third-order valence-corrected chi connectivity index (χ3v) is 21.3. The van der Waals surface area contributed by atoms with Crippen molar-refractivity contribution in [2.75, 3.05) is 98.8 Å². The van der Waals surface area contributed by atoms with Gasteiger partial charge in [-0.2, -0.15) is 0 Å². The number of unbranched alkanes of at least 4 members (excludes halogenated alkanes) is 3. The molecule has 5 N–H and O–H groups in total. The highest BCUT2D eigenvalue weighted by molar-refractivity contribution is 5.87. The third kappa shape index (κ3) is 45.3. The Kier molecular flexibility index (Phi) is 42.5. The van der Waals surface area contributed by atoms with Gasteiger partial charge in [-0.1, -0.05) is 151 Å². The lowest BCUT2D eigenvalue weighted by Gasteiger charge is -2.47. The van der Waals surface area contributed by atoms with Gasteiger partial charge in [0.25, 0.3) is 0 Å². The number of hydrogen-bond acceptors (Lipinski definition) is 22. The van der Waals surface area contributed by atoms with Crippen molar-refractivity contribution in [3.63, 3.8) is 0 Å².